The van der Waals surface area contributed by atoms with Gasteiger partial charge in [0.1, 0.15) is 6.07 Å². The maximum atomic E-state index is 12.5. The van der Waals surface area contributed by atoms with Crippen LogP contribution >= 0.6 is 11.6 Å². The number of nitrogens with one attached hydrogen (secondary N) is 1. The van der Waals surface area contributed by atoms with Crippen LogP contribution in [0.5, 0.6) is 0 Å². The molecule has 2 N–H and O–H groups in total. The first-order valence-electron chi connectivity index (χ1n) is 8.25. The molecule has 3 rings (SSSR count). The molecular weight excluding hydrogens is 374 g/mol. The molecule has 1 heterocycles. The van der Waals surface area contributed by atoms with Crippen LogP contribution in [0.3, 0.4) is 0 Å². The summed E-state index contributed by atoms with van der Waals surface area (Å²) < 4.78 is 27.8. The largest absolute Gasteiger partial charge is 0.393 e. The molecular formula is C18H18ClN3O3S. The molecule has 0 bridgehead atoms. The first-order valence-corrected chi connectivity index (χ1v) is 10.1. The van der Waals surface area contributed by atoms with Crippen molar-refractivity contribution in [2.75, 3.05) is 0 Å². The van der Waals surface area contributed by atoms with Crippen LogP contribution in [0.4, 0.5) is 0 Å². The highest BCUT2D eigenvalue weighted by Crippen LogP contribution is 2.25. The normalized spacial score (nSPS) is 20.5. The summed E-state index contributed by atoms with van der Waals surface area (Å²) in [6, 6.07) is 9.63. The van der Waals surface area contributed by atoms with Crippen molar-refractivity contribution in [1.29, 1.82) is 5.26 Å². The smallest absolute Gasteiger partial charge is 0.240 e. The zero-order valence-corrected chi connectivity index (χ0v) is 15.5. The number of nitrogens with zero attached hydrogens (tertiary/aromatic N) is 2. The molecule has 1 aromatic carbocycles. The Balaban J connectivity index is 1.80. The Hall–Kier alpha value is -1.98. The van der Waals surface area contributed by atoms with Crippen LogP contribution < -0.4 is 4.72 Å². The lowest BCUT2D eigenvalue weighted by atomic mass is 9.94. The van der Waals surface area contributed by atoms with Gasteiger partial charge in [-0.25, -0.2) is 13.1 Å². The number of aliphatic hydroxyl groups is 1. The number of hydrogen-bond acceptors (Lipinski definition) is 5. The van der Waals surface area contributed by atoms with Gasteiger partial charge in [0.15, 0.2) is 0 Å². The molecule has 6 nitrogen and oxygen atoms in total. The molecule has 0 aliphatic heterocycles. The third kappa shape index (κ3) is 4.22. The fraction of sp³-hybridized carbons (Fsp3) is 0.333. The van der Waals surface area contributed by atoms with E-state index in [-0.39, 0.29) is 17.0 Å². The minimum absolute atomic E-state index is 0.153. The summed E-state index contributed by atoms with van der Waals surface area (Å²) in [5.74, 6) is 0. The highest BCUT2D eigenvalue weighted by atomic mass is 35.5. The Bertz CT molecular complexity index is 931. The Kier molecular flexibility index (Phi) is 5.58. The summed E-state index contributed by atoms with van der Waals surface area (Å²) >= 11 is 5.85. The predicted molar refractivity (Wildman–Crippen MR) is 98.0 cm³/mol. The second-order valence-electron chi connectivity index (χ2n) is 6.31. The summed E-state index contributed by atoms with van der Waals surface area (Å²) in [4.78, 5) is 4.32. The monoisotopic (exact) mass is 391 g/mol. The van der Waals surface area contributed by atoms with Crippen LogP contribution in [0.2, 0.25) is 5.02 Å². The molecule has 136 valence electrons. The van der Waals surface area contributed by atoms with E-state index in [4.69, 9.17) is 11.6 Å². The van der Waals surface area contributed by atoms with Gasteiger partial charge in [0.2, 0.25) is 10.0 Å². The molecule has 2 aromatic rings. The molecule has 1 aliphatic rings. The molecule has 26 heavy (non-hydrogen) atoms. The topological polar surface area (TPSA) is 103 Å². The van der Waals surface area contributed by atoms with Gasteiger partial charge in [-0.15, -0.1) is 0 Å². The highest BCUT2D eigenvalue weighted by Gasteiger charge is 2.24. The van der Waals surface area contributed by atoms with Gasteiger partial charge in [-0.2, -0.15) is 5.26 Å². The third-order valence-corrected chi connectivity index (χ3v) is 6.17. The van der Waals surface area contributed by atoms with Gasteiger partial charge in [0.05, 0.1) is 27.3 Å². The fourth-order valence-electron chi connectivity index (χ4n) is 3.03. The minimum Gasteiger partial charge on any atom is -0.393 e. The van der Waals surface area contributed by atoms with Crippen molar-refractivity contribution in [3.8, 4) is 17.3 Å². The number of hydrogen-bond donors (Lipinski definition) is 2. The lowest BCUT2D eigenvalue weighted by Gasteiger charge is -2.26. The molecule has 1 aliphatic carbocycles. The minimum atomic E-state index is -3.64. The zero-order chi connectivity index (χ0) is 18.7. The molecule has 0 unspecified atom stereocenters. The average molecular weight is 392 g/mol. The fourth-order valence-corrected chi connectivity index (χ4v) is 4.49. The van der Waals surface area contributed by atoms with Crippen molar-refractivity contribution in [2.24, 2.45) is 0 Å². The first kappa shape index (κ1) is 18.8. The lowest BCUT2D eigenvalue weighted by molar-refractivity contribution is 0.120. The van der Waals surface area contributed by atoms with Gasteiger partial charge < -0.3 is 5.11 Å². The Morgan fingerprint density at radius 3 is 2.46 bits per heavy atom. The summed E-state index contributed by atoms with van der Waals surface area (Å²) in [6.07, 6.45) is 3.56. The van der Waals surface area contributed by atoms with Gasteiger partial charge in [-0.1, -0.05) is 23.7 Å². The van der Waals surface area contributed by atoms with Crippen LogP contribution in [-0.2, 0) is 10.0 Å². The van der Waals surface area contributed by atoms with Crippen LogP contribution in [-0.4, -0.2) is 30.7 Å². The maximum absolute atomic E-state index is 12.5. The van der Waals surface area contributed by atoms with Crippen LogP contribution in [0.15, 0.2) is 41.4 Å². The average Bonchev–Trinajstić information content (AvgIpc) is 2.63. The maximum Gasteiger partial charge on any atom is 0.240 e. The van der Waals surface area contributed by atoms with E-state index in [1.54, 1.807) is 12.1 Å². The van der Waals surface area contributed by atoms with Gasteiger partial charge >= 0.3 is 0 Å². The van der Waals surface area contributed by atoms with E-state index in [2.05, 4.69) is 9.71 Å². The molecule has 0 radical (unpaired) electrons. The van der Waals surface area contributed by atoms with Gasteiger partial charge in [0.25, 0.3) is 0 Å². The van der Waals surface area contributed by atoms with Crippen molar-refractivity contribution >= 4 is 21.6 Å². The standard InChI is InChI=1S/C18H18ClN3O3S/c19-14-9-13(10-20)18(21-11-14)12-1-7-17(8-2-12)26(24,25)22-15-3-5-16(23)6-4-15/h1-2,7-9,11,15-16,22-23H,3-6H2. The van der Waals surface area contributed by atoms with Crippen molar-refractivity contribution in [1.82, 2.24) is 9.71 Å². The Morgan fingerprint density at radius 2 is 1.85 bits per heavy atom. The van der Waals surface area contributed by atoms with Crippen LogP contribution in [0, 0.1) is 11.3 Å². The molecule has 0 spiro atoms. The second-order valence-corrected chi connectivity index (χ2v) is 8.46. The van der Waals surface area contributed by atoms with E-state index in [0.29, 0.717) is 47.5 Å². The Morgan fingerprint density at radius 1 is 1.19 bits per heavy atom. The van der Waals surface area contributed by atoms with Crippen molar-refractivity contribution in [2.45, 2.75) is 42.7 Å². The number of halogens is 1. The van der Waals surface area contributed by atoms with Crippen molar-refractivity contribution in [3.05, 3.63) is 47.1 Å². The van der Waals surface area contributed by atoms with E-state index >= 15 is 0 Å². The number of benzene rings is 1. The lowest BCUT2D eigenvalue weighted by Crippen LogP contribution is -2.38. The number of aliphatic hydroxyl groups excluding tert-OH is 1. The van der Waals surface area contributed by atoms with Gasteiger partial charge in [-0.3, -0.25) is 4.98 Å². The van der Waals surface area contributed by atoms with Gasteiger partial charge in [0, 0.05) is 17.8 Å². The number of nitriles is 1. The molecule has 1 fully saturated rings. The molecule has 1 aromatic heterocycles. The van der Waals surface area contributed by atoms with Crippen LogP contribution in [0.25, 0.3) is 11.3 Å². The van der Waals surface area contributed by atoms with Gasteiger partial charge in [-0.05, 0) is 43.9 Å². The zero-order valence-electron chi connectivity index (χ0n) is 13.9. The summed E-state index contributed by atoms with van der Waals surface area (Å²) in [6.45, 7) is 0. The van der Waals surface area contributed by atoms with E-state index < -0.39 is 10.0 Å². The summed E-state index contributed by atoms with van der Waals surface area (Å²) in [5.41, 5.74) is 1.42. The van der Waals surface area contributed by atoms with Crippen molar-refractivity contribution < 1.29 is 13.5 Å². The van der Waals surface area contributed by atoms with E-state index in [0.717, 1.165) is 0 Å². The highest BCUT2D eigenvalue weighted by molar-refractivity contribution is 7.89. The van der Waals surface area contributed by atoms with Crippen molar-refractivity contribution in [3.63, 3.8) is 0 Å². The molecule has 0 amide bonds. The van der Waals surface area contributed by atoms with E-state index in [1.807, 2.05) is 6.07 Å². The molecule has 8 heteroatoms. The van der Waals surface area contributed by atoms with E-state index in [9.17, 15) is 18.8 Å². The first-order chi connectivity index (χ1) is 12.4. The number of pyridine rings is 1. The van der Waals surface area contributed by atoms with Crippen LogP contribution in [0.1, 0.15) is 31.2 Å². The predicted octanol–water partition coefficient (Wildman–Crippen LogP) is 2.86. The summed E-state index contributed by atoms with van der Waals surface area (Å²) in [7, 11) is -3.64. The number of aromatic nitrogens is 1. The number of sulfonamides is 1. The quantitative estimate of drug-likeness (QED) is 0.834. The number of rotatable bonds is 4. The molecule has 0 saturated heterocycles. The second kappa shape index (κ2) is 7.72. The SMILES string of the molecule is N#Cc1cc(Cl)cnc1-c1ccc(S(=O)(=O)NC2CCC(O)CC2)cc1. The Labute approximate surface area is 157 Å². The van der Waals surface area contributed by atoms with E-state index in [1.165, 1.54) is 24.4 Å². The summed E-state index contributed by atoms with van der Waals surface area (Å²) in [5, 5.41) is 19.1. The third-order valence-electron chi connectivity index (χ3n) is 4.43. The molecule has 0 atom stereocenters. The molecule has 1 saturated carbocycles.